The Balaban J connectivity index is 2.48. The third-order valence-corrected chi connectivity index (χ3v) is 5.63. The van der Waals surface area contributed by atoms with Crippen molar-refractivity contribution in [3.63, 3.8) is 0 Å². The largest absolute Gasteiger partial charge is 0.0918 e. The molecule has 1 aliphatic carbocycles. The molecular weight excluding hydrogens is 272 g/mol. The van der Waals surface area contributed by atoms with Gasteiger partial charge >= 0.3 is 0 Å². The highest BCUT2D eigenvalue weighted by atomic mass is 79.9. The van der Waals surface area contributed by atoms with Crippen molar-refractivity contribution < 1.29 is 0 Å². The molecule has 0 nitrogen and oxygen atoms in total. The lowest BCUT2D eigenvalue weighted by atomic mass is 9.62. The molecule has 0 N–H and O–H groups in total. The van der Waals surface area contributed by atoms with Crippen LogP contribution in [-0.4, -0.2) is 5.33 Å². The Kier molecular flexibility index (Phi) is 4.30. The molecule has 0 aromatic heterocycles. The smallest absolute Gasteiger partial charge is 0.0131 e. The average Bonchev–Trinajstić information content (AvgIpc) is 2.40. The van der Waals surface area contributed by atoms with Crippen molar-refractivity contribution in [2.45, 2.75) is 51.4 Å². The number of rotatable bonds is 4. The quantitative estimate of drug-likeness (QED) is 0.679. The van der Waals surface area contributed by atoms with Crippen LogP contribution in [0.2, 0.25) is 0 Å². The van der Waals surface area contributed by atoms with Gasteiger partial charge in [-0.1, -0.05) is 66.9 Å². The molecular formula is C16H23Br. The highest BCUT2D eigenvalue weighted by Gasteiger charge is 2.40. The zero-order valence-electron chi connectivity index (χ0n) is 11.0. The fourth-order valence-corrected chi connectivity index (χ4v) is 4.74. The second-order valence-corrected chi connectivity index (χ2v) is 5.87. The van der Waals surface area contributed by atoms with Gasteiger partial charge < -0.3 is 0 Å². The molecule has 1 aromatic carbocycles. The molecule has 0 amide bonds. The third kappa shape index (κ3) is 2.19. The van der Waals surface area contributed by atoms with E-state index in [4.69, 9.17) is 0 Å². The van der Waals surface area contributed by atoms with E-state index in [-0.39, 0.29) is 0 Å². The summed E-state index contributed by atoms with van der Waals surface area (Å²) in [6.45, 7) is 4.69. The lowest BCUT2D eigenvalue weighted by molar-refractivity contribution is 0.246. The lowest BCUT2D eigenvalue weighted by Crippen LogP contribution is -2.40. The number of fused-ring (bicyclic) bond motifs is 1. The summed E-state index contributed by atoms with van der Waals surface area (Å²) in [6, 6.07) is 9.10. The van der Waals surface area contributed by atoms with E-state index in [0.717, 1.165) is 11.2 Å². The average molecular weight is 295 g/mol. The van der Waals surface area contributed by atoms with Gasteiger partial charge in [0.2, 0.25) is 0 Å². The first kappa shape index (κ1) is 13.1. The van der Waals surface area contributed by atoms with Gasteiger partial charge in [-0.15, -0.1) is 0 Å². The maximum absolute atomic E-state index is 3.82. The Bertz CT molecular complexity index is 368. The Labute approximate surface area is 114 Å². The summed E-state index contributed by atoms with van der Waals surface area (Å²) in [7, 11) is 0. The third-order valence-electron chi connectivity index (χ3n) is 4.63. The highest BCUT2D eigenvalue weighted by Crippen LogP contribution is 2.46. The first-order valence-corrected chi connectivity index (χ1v) is 8.05. The molecule has 0 fully saturated rings. The van der Waals surface area contributed by atoms with E-state index in [1.165, 1.54) is 32.1 Å². The molecule has 0 heterocycles. The van der Waals surface area contributed by atoms with Crippen molar-refractivity contribution in [2.24, 2.45) is 5.92 Å². The van der Waals surface area contributed by atoms with Crippen molar-refractivity contribution >= 4 is 15.9 Å². The van der Waals surface area contributed by atoms with Crippen molar-refractivity contribution in [2.75, 3.05) is 5.33 Å². The second-order valence-electron chi connectivity index (χ2n) is 5.31. The number of hydrogen-bond donors (Lipinski definition) is 0. The van der Waals surface area contributed by atoms with E-state index in [0.29, 0.717) is 5.41 Å². The number of aryl methyl sites for hydroxylation is 1. The van der Waals surface area contributed by atoms with E-state index < -0.39 is 0 Å². The van der Waals surface area contributed by atoms with Gasteiger partial charge in [0.25, 0.3) is 0 Å². The van der Waals surface area contributed by atoms with Gasteiger partial charge in [0.15, 0.2) is 0 Å². The molecule has 0 bridgehead atoms. The highest BCUT2D eigenvalue weighted by molar-refractivity contribution is 9.09. The minimum atomic E-state index is 0.387. The summed E-state index contributed by atoms with van der Waals surface area (Å²) in [4.78, 5) is 0. The monoisotopic (exact) mass is 294 g/mol. The van der Waals surface area contributed by atoms with Gasteiger partial charge in [0.1, 0.15) is 0 Å². The normalized spacial score (nSPS) is 23.8. The number of halogens is 1. The van der Waals surface area contributed by atoms with Crippen LogP contribution in [0, 0.1) is 5.92 Å². The molecule has 94 valence electrons. The molecule has 17 heavy (non-hydrogen) atoms. The van der Waals surface area contributed by atoms with Crippen molar-refractivity contribution in [1.82, 2.24) is 0 Å². The van der Waals surface area contributed by atoms with Gasteiger partial charge in [-0.3, -0.25) is 0 Å². The van der Waals surface area contributed by atoms with E-state index >= 15 is 0 Å². The molecule has 1 atom stereocenters. The SMILES string of the molecule is CCC(CC)C1(CBr)CCCc2ccccc21. The molecule has 1 unspecified atom stereocenters. The molecule has 1 aromatic rings. The summed E-state index contributed by atoms with van der Waals surface area (Å²) in [5, 5.41) is 1.11. The summed E-state index contributed by atoms with van der Waals surface area (Å²) >= 11 is 3.82. The predicted octanol–water partition coefficient (Wildman–Crippen LogP) is 5.09. The molecule has 1 heteroatoms. The van der Waals surface area contributed by atoms with Crippen LogP contribution in [0.1, 0.15) is 50.7 Å². The number of benzene rings is 1. The van der Waals surface area contributed by atoms with Gasteiger partial charge in [0.05, 0.1) is 0 Å². The van der Waals surface area contributed by atoms with Crippen molar-refractivity contribution in [3.05, 3.63) is 35.4 Å². The van der Waals surface area contributed by atoms with Crippen LogP contribution in [0.25, 0.3) is 0 Å². The zero-order valence-corrected chi connectivity index (χ0v) is 12.6. The van der Waals surface area contributed by atoms with Crippen molar-refractivity contribution in [1.29, 1.82) is 0 Å². The van der Waals surface area contributed by atoms with Crippen LogP contribution < -0.4 is 0 Å². The summed E-state index contributed by atoms with van der Waals surface area (Å²) in [6.07, 6.45) is 6.54. The van der Waals surface area contributed by atoms with E-state index in [1.54, 1.807) is 11.1 Å². The lowest BCUT2D eigenvalue weighted by Gasteiger charge is -2.44. The Morgan fingerprint density at radius 1 is 1.24 bits per heavy atom. The van der Waals surface area contributed by atoms with Gasteiger partial charge in [0, 0.05) is 10.7 Å². The predicted molar refractivity (Wildman–Crippen MR) is 78.9 cm³/mol. The minimum Gasteiger partial charge on any atom is -0.0918 e. The Morgan fingerprint density at radius 2 is 1.94 bits per heavy atom. The van der Waals surface area contributed by atoms with Crippen LogP contribution in [0.15, 0.2) is 24.3 Å². The maximum atomic E-state index is 3.82. The first-order chi connectivity index (χ1) is 8.28. The van der Waals surface area contributed by atoms with Gasteiger partial charge in [-0.25, -0.2) is 0 Å². The van der Waals surface area contributed by atoms with Gasteiger partial charge in [-0.05, 0) is 36.3 Å². The fraction of sp³-hybridized carbons (Fsp3) is 0.625. The zero-order chi connectivity index (χ0) is 12.3. The topological polar surface area (TPSA) is 0 Å². The Hall–Kier alpha value is -0.300. The number of alkyl halides is 1. The molecule has 0 radical (unpaired) electrons. The molecule has 0 spiro atoms. The van der Waals surface area contributed by atoms with Crippen LogP contribution >= 0.6 is 15.9 Å². The molecule has 2 rings (SSSR count). The molecule has 0 aliphatic heterocycles. The van der Waals surface area contributed by atoms with Crippen LogP contribution in [0.3, 0.4) is 0 Å². The first-order valence-electron chi connectivity index (χ1n) is 6.92. The fourth-order valence-electron chi connectivity index (χ4n) is 3.70. The molecule has 1 aliphatic rings. The second kappa shape index (κ2) is 5.56. The summed E-state index contributed by atoms with van der Waals surface area (Å²) < 4.78 is 0. The van der Waals surface area contributed by atoms with E-state index in [1.807, 2.05) is 0 Å². The van der Waals surface area contributed by atoms with Gasteiger partial charge in [-0.2, -0.15) is 0 Å². The van der Waals surface area contributed by atoms with Crippen molar-refractivity contribution in [3.8, 4) is 0 Å². The van der Waals surface area contributed by atoms with Crippen LogP contribution in [-0.2, 0) is 11.8 Å². The van der Waals surface area contributed by atoms with E-state index in [2.05, 4.69) is 54.0 Å². The van der Waals surface area contributed by atoms with Crippen LogP contribution in [0.4, 0.5) is 0 Å². The standard InChI is InChI=1S/C16H23Br/c1-3-14(4-2)16(12-17)11-7-9-13-8-5-6-10-15(13)16/h5-6,8,10,14H,3-4,7,9,11-12H2,1-2H3. The number of hydrogen-bond acceptors (Lipinski definition) is 0. The summed E-state index contributed by atoms with van der Waals surface area (Å²) in [5.41, 5.74) is 3.60. The minimum absolute atomic E-state index is 0.387. The summed E-state index contributed by atoms with van der Waals surface area (Å²) in [5.74, 6) is 0.809. The molecule has 0 saturated heterocycles. The molecule has 0 saturated carbocycles. The maximum Gasteiger partial charge on any atom is 0.0131 e. The van der Waals surface area contributed by atoms with E-state index in [9.17, 15) is 0 Å². The van der Waals surface area contributed by atoms with Crippen LogP contribution in [0.5, 0.6) is 0 Å². The Morgan fingerprint density at radius 3 is 2.59 bits per heavy atom.